The summed E-state index contributed by atoms with van der Waals surface area (Å²) in [7, 11) is 0. The number of aliphatic carboxylic acids is 2. The molecule has 4 saturated heterocycles. The molecular weight excluding hydrogens is 1550 g/mol. The molecule has 4 aromatic carbocycles. The van der Waals surface area contributed by atoms with E-state index in [1.54, 1.807) is 36.9 Å². The van der Waals surface area contributed by atoms with E-state index >= 15 is 0 Å². The highest BCUT2D eigenvalue weighted by Crippen LogP contribution is 2.37. The van der Waals surface area contributed by atoms with Crippen molar-refractivity contribution in [2.45, 2.75) is 243 Å². The first kappa shape index (κ1) is 91.1. The highest BCUT2D eigenvalue weighted by Gasteiger charge is 2.44. The number of carbonyl (C=O) groups is 6. The molecule has 0 bridgehead atoms. The number of nitrogens with zero attached hydrogens (tertiary/aromatic N) is 8. The molecule has 4 aliphatic heterocycles. The molecule has 37 heteroatoms. The number of hydrogen-bond donors (Lipinski definition) is 12. The van der Waals surface area contributed by atoms with Gasteiger partial charge in [0.25, 0.3) is 0 Å². The van der Waals surface area contributed by atoms with Gasteiger partial charge in [-0.2, -0.15) is 0 Å². The molecule has 8 aromatic rings. The van der Waals surface area contributed by atoms with E-state index in [2.05, 4.69) is 65.0 Å². The minimum atomic E-state index is -1.66. The van der Waals surface area contributed by atoms with E-state index < -0.39 is 128 Å². The Morgan fingerprint density at radius 3 is 1.52 bits per heavy atom. The van der Waals surface area contributed by atoms with Crippen LogP contribution in [0.25, 0.3) is 22.3 Å². The van der Waals surface area contributed by atoms with Gasteiger partial charge in [0.2, 0.25) is 0 Å². The van der Waals surface area contributed by atoms with Gasteiger partial charge in [-0.05, 0) is 83.1 Å². The number of ether oxygens (including phenoxy) is 11. The first-order valence-corrected chi connectivity index (χ1v) is 39.3. The summed E-state index contributed by atoms with van der Waals surface area (Å²) in [4.78, 5) is 99.1. The van der Waals surface area contributed by atoms with E-state index in [1.165, 1.54) is 31.1 Å². The second-order valence-electron chi connectivity index (χ2n) is 29.8. The number of carboxylic acids is 2. The Kier molecular flexibility index (Phi) is 33.8. The maximum Gasteiger partial charge on any atom is 0.331 e. The first-order valence-electron chi connectivity index (χ1n) is 39.3. The summed E-state index contributed by atoms with van der Waals surface area (Å²) in [5, 5.41) is 88.3. The van der Waals surface area contributed by atoms with Gasteiger partial charge in [0.15, 0.2) is 71.1 Å². The fourth-order valence-electron chi connectivity index (χ4n) is 13.5. The third-order valence-corrected chi connectivity index (χ3v) is 20.2. The lowest BCUT2D eigenvalue weighted by atomic mass is 9.95. The van der Waals surface area contributed by atoms with Gasteiger partial charge in [-0.3, -0.25) is 29.4 Å². The van der Waals surface area contributed by atoms with Crippen LogP contribution in [0.1, 0.15) is 129 Å². The summed E-state index contributed by atoms with van der Waals surface area (Å²) in [6.45, 7) is 15.4. The van der Waals surface area contributed by atoms with E-state index in [9.17, 15) is 64.5 Å². The molecule has 4 fully saturated rings. The number of carbonyl (C=O) groups excluding carboxylic acids is 4. The highest BCUT2D eigenvalue weighted by molar-refractivity contribution is 5.98. The summed E-state index contributed by atoms with van der Waals surface area (Å²) in [5.41, 5.74) is 4.78. The Balaban J connectivity index is 0.000000199. The summed E-state index contributed by atoms with van der Waals surface area (Å²) in [6, 6.07) is 34.2. The van der Waals surface area contributed by atoms with Crippen LogP contribution in [0.3, 0.4) is 0 Å². The number of amides is 4. The fourth-order valence-corrected chi connectivity index (χ4v) is 13.5. The van der Waals surface area contributed by atoms with Crippen LogP contribution in [-0.4, -0.2) is 239 Å². The summed E-state index contributed by atoms with van der Waals surface area (Å²) >= 11 is 0. The smallest absolute Gasteiger partial charge is 0.331 e. The monoisotopic (exact) mass is 1660 g/mol. The van der Waals surface area contributed by atoms with Crippen LogP contribution in [-0.2, 0) is 97.7 Å². The number of hydrogen-bond acceptors (Lipinski definition) is 29. The molecule has 4 unspecified atom stereocenters. The van der Waals surface area contributed by atoms with Crippen molar-refractivity contribution in [1.82, 2.24) is 49.7 Å². The van der Waals surface area contributed by atoms with Crippen LogP contribution in [0.5, 0.6) is 0 Å². The lowest BCUT2D eigenvalue weighted by molar-refractivity contribution is -0.273. The third-order valence-electron chi connectivity index (χ3n) is 20.2. The van der Waals surface area contributed by atoms with Crippen molar-refractivity contribution in [3.05, 3.63) is 169 Å². The van der Waals surface area contributed by atoms with E-state index in [0.29, 0.717) is 38.5 Å². The molecule has 0 saturated carbocycles. The summed E-state index contributed by atoms with van der Waals surface area (Å²) in [6.07, 6.45) is -7.24. The van der Waals surface area contributed by atoms with Crippen molar-refractivity contribution in [3.8, 4) is 0 Å². The van der Waals surface area contributed by atoms with Crippen molar-refractivity contribution < 1.29 is 122 Å². The number of nitrogens with one attached hydrogen (secondary N) is 4. The zero-order valence-electron chi connectivity index (χ0n) is 67.1. The van der Waals surface area contributed by atoms with E-state index in [4.69, 9.17) is 57.2 Å². The van der Waals surface area contributed by atoms with Crippen LogP contribution in [0.4, 0.5) is 21.2 Å². The molecule has 12 rings (SSSR count). The Labute approximate surface area is 686 Å². The quantitative estimate of drug-likeness (QED) is 0.0204. The second-order valence-corrected chi connectivity index (χ2v) is 29.8. The molecule has 8 heterocycles. The number of aliphatic hydroxyl groups excluding tert-OH is 6. The number of carboxylic acid groups (broad SMARTS) is 2. The van der Waals surface area contributed by atoms with Crippen LogP contribution in [0, 0.1) is 11.8 Å². The predicted molar refractivity (Wildman–Crippen MR) is 422 cm³/mol. The predicted octanol–water partition coefficient (Wildman–Crippen LogP) is 6.38. The van der Waals surface area contributed by atoms with Crippen LogP contribution in [0.2, 0.25) is 0 Å². The van der Waals surface area contributed by atoms with Crippen molar-refractivity contribution in [3.63, 3.8) is 0 Å². The number of esters is 2. The first-order chi connectivity index (χ1) is 57.1. The van der Waals surface area contributed by atoms with Gasteiger partial charge in [0, 0.05) is 31.1 Å². The molecule has 644 valence electrons. The van der Waals surface area contributed by atoms with Gasteiger partial charge in [-0.1, -0.05) is 135 Å². The number of fused-ring (bicyclic) bond motifs is 2. The Bertz CT molecular complexity index is 4530. The van der Waals surface area contributed by atoms with E-state index in [0.717, 1.165) is 35.0 Å². The molecule has 12 N–H and O–H groups in total. The van der Waals surface area contributed by atoms with Crippen molar-refractivity contribution in [2.24, 2.45) is 11.8 Å². The van der Waals surface area contributed by atoms with Crippen LogP contribution >= 0.6 is 0 Å². The standard InChI is InChI=1S/C37H40N6O7.C26H38N6O13.C19H28O5/c1-24-18-49-35(32(48-20-27-14-8-4-9-15-27)31(24)47-19-26-12-6-3-7-13-26)43-23-40-30-33(38-22-39-34(30)43)42-37(46)41-29(25(2)44)36(45)50-21-28-16-10-5-11-17-28;1-10(43-25-14(34)6-13(33)11(2)45-25)4-5-16(36)44-12(3)17(24(39)40)30-26(41)31-21-18-22(28-8-27-21)32(9-29-18)23-20(38)19(37)15(35)7-42-23;1-13-11-17(22-12-16-7-5-4-6-8-16)15(3)24-19(13)23-14(2)9-10-18(20)21/h3-17,22-25,29,31-32,35,44H,18-21H2,1-2H3,(H2,38,39,41,42,46);8-15,17,19-20,23,25,33-35,37-38H,4-7H2,1-3H3,(H,39,40)(H2,27,28,30,31,41);4-8,13-15,17,19H,9-12H2,1-3H3,(H,20,21)/t24-,25-,29+,31+,32?,35-;10-,11?,12+,13-,14+,15+,17-,19-,20?,23+,25-;13-,14+,15?,17+,19+/m101/s1. The zero-order valence-corrected chi connectivity index (χ0v) is 67.1. The minimum Gasteiger partial charge on any atom is -0.481 e. The zero-order chi connectivity index (χ0) is 85.4. The van der Waals surface area contributed by atoms with Gasteiger partial charge in [-0.15, -0.1) is 0 Å². The number of benzene rings is 4. The van der Waals surface area contributed by atoms with Gasteiger partial charge in [0.05, 0.1) is 94.5 Å². The molecule has 4 aromatic heterocycles. The highest BCUT2D eigenvalue weighted by atomic mass is 16.7. The number of rotatable bonds is 32. The number of aromatic nitrogens is 8. The van der Waals surface area contributed by atoms with Crippen molar-refractivity contribution >= 4 is 69.9 Å². The average molecular weight is 1660 g/mol. The molecule has 119 heavy (non-hydrogen) atoms. The van der Waals surface area contributed by atoms with Crippen molar-refractivity contribution in [1.29, 1.82) is 0 Å². The molecule has 4 amide bonds. The van der Waals surface area contributed by atoms with Gasteiger partial charge < -0.3 is 104 Å². The second kappa shape index (κ2) is 44.2. The maximum absolute atomic E-state index is 13.1. The average Bonchev–Trinajstić information content (AvgIpc) is 1.64. The van der Waals surface area contributed by atoms with Crippen LogP contribution in [0.15, 0.2) is 147 Å². The van der Waals surface area contributed by atoms with E-state index in [-0.39, 0.29) is 110 Å². The fraction of sp³-hybridized carbons (Fsp3) is 0.512. The van der Waals surface area contributed by atoms with Gasteiger partial charge in [0.1, 0.15) is 55.9 Å². The van der Waals surface area contributed by atoms with E-state index in [1.807, 2.05) is 123 Å². The lowest BCUT2D eigenvalue weighted by Crippen LogP contribution is -2.50. The minimum absolute atomic E-state index is 0.00755. The van der Waals surface area contributed by atoms with Gasteiger partial charge >= 0.3 is 35.9 Å². The Hall–Kier alpha value is -10.2. The summed E-state index contributed by atoms with van der Waals surface area (Å²) in [5.74, 6) is -3.64. The number of anilines is 2. The summed E-state index contributed by atoms with van der Waals surface area (Å²) < 4.78 is 67.5. The molecule has 0 spiro atoms. The number of aliphatic hydroxyl groups is 6. The lowest BCUT2D eigenvalue weighted by Gasteiger charge is -2.41. The molecular formula is C82H106N12O25. The molecule has 4 aliphatic rings. The number of imidazole rings is 2. The molecule has 37 nitrogen and oxygen atoms in total. The Morgan fingerprint density at radius 2 is 0.992 bits per heavy atom. The Morgan fingerprint density at radius 1 is 0.513 bits per heavy atom. The van der Waals surface area contributed by atoms with Crippen molar-refractivity contribution in [2.75, 3.05) is 23.8 Å². The maximum atomic E-state index is 13.1. The number of urea groups is 2. The third kappa shape index (κ3) is 25.9. The van der Waals surface area contributed by atoms with Crippen LogP contribution < -0.4 is 21.3 Å². The molecule has 22 atom stereocenters. The largest absolute Gasteiger partial charge is 0.481 e. The molecule has 0 aliphatic carbocycles. The van der Waals surface area contributed by atoms with Gasteiger partial charge in [-0.25, -0.2) is 49.1 Å². The normalized spacial score (nSPS) is 25.8. The SMILES string of the molecule is CC1O[C@H](O[C@@H](C)CCC(=O)O)[C@H](C)C[C@@H]1OCc1ccccc1.CC1O[C@H](O[C@@H](C)CCC(=O)O[C@H](C)[C@H](NC(=O)Nc2ncnc3c2ncn3[C@@H]2OC[C@@H](O)[C@H](O)C2O)C(=O)O)[C@H](O)C[C@@H]1O.C[C@@H]1CO[C@@H](n2cnc3c(NC(=O)N[C@H](C(=O)OCc4ccccc4)[C@@H](C)O)ncnc32)C(OCc2ccccc2)[C@H]1OCc1ccccc1. The topological polar surface area (TPSA) is 501 Å². The molecule has 0 radical (unpaired) electrons.